The number of aromatic nitrogens is 2. The number of nitrogens with zero attached hydrogens (tertiary/aromatic N) is 2. The maximum absolute atomic E-state index is 5.57. The van der Waals surface area contributed by atoms with Crippen molar-refractivity contribution in [1.29, 1.82) is 0 Å². The first-order valence-corrected chi connectivity index (χ1v) is 6.40. The molecule has 0 saturated carbocycles. The average Bonchev–Trinajstić information content (AvgIpc) is 2.83. The van der Waals surface area contributed by atoms with Gasteiger partial charge in [-0.25, -0.2) is 0 Å². The molecule has 0 aliphatic heterocycles. The van der Waals surface area contributed by atoms with Crippen LogP contribution in [-0.2, 0) is 13.2 Å². The molecule has 0 aliphatic rings. The monoisotopic (exact) mass is 249 g/mol. The average molecular weight is 249 g/mol. The molecule has 17 heavy (non-hydrogen) atoms. The van der Waals surface area contributed by atoms with Gasteiger partial charge in [-0.05, 0) is 12.1 Å². The van der Waals surface area contributed by atoms with Gasteiger partial charge in [-0.1, -0.05) is 53.7 Å². The standard InChI is InChI=1S/C12H15N3OS/c1-2-13-8-11-14-15-12(17-11)16-9-10-6-4-3-5-7-10/h3-7,13H,2,8-9H2,1H3. The van der Waals surface area contributed by atoms with E-state index in [1.165, 1.54) is 11.3 Å². The molecular weight excluding hydrogens is 234 g/mol. The predicted molar refractivity (Wildman–Crippen MR) is 68.1 cm³/mol. The van der Waals surface area contributed by atoms with E-state index in [1.807, 2.05) is 30.3 Å². The van der Waals surface area contributed by atoms with Gasteiger partial charge >= 0.3 is 0 Å². The maximum Gasteiger partial charge on any atom is 0.294 e. The molecule has 2 aromatic rings. The van der Waals surface area contributed by atoms with Gasteiger partial charge in [-0.15, -0.1) is 5.10 Å². The van der Waals surface area contributed by atoms with Crippen molar-refractivity contribution in [3.05, 3.63) is 40.9 Å². The Labute approximate surface area is 105 Å². The molecule has 2 rings (SSSR count). The van der Waals surface area contributed by atoms with Gasteiger partial charge in [0, 0.05) is 6.54 Å². The zero-order valence-electron chi connectivity index (χ0n) is 9.72. The van der Waals surface area contributed by atoms with Crippen molar-refractivity contribution in [1.82, 2.24) is 15.5 Å². The lowest BCUT2D eigenvalue weighted by atomic mass is 10.2. The summed E-state index contributed by atoms with van der Waals surface area (Å²) in [6, 6.07) is 10.0. The second-order valence-corrected chi connectivity index (χ2v) is 4.54. The lowest BCUT2D eigenvalue weighted by molar-refractivity contribution is 0.302. The molecule has 0 spiro atoms. The van der Waals surface area contributed by atoms with Crippen LogP contribution in [0.2, 0.25) is 0 Å². The van der Waals surface area contributed by atoms with Gasteiger partial charge in [-0.3, -0.25) is 0 Å². The Morgan fingerprint density at radius 1 is 1.24 bits per heavy atom. The molecule has 0 bridgehead atoms. The summed E-state index contributed by atoms with van der Waals surface area (Å²) in [4.78, 5) is 0. The van der Waals surface area contributed by atoms with Crippen LogP contribution in [0.1, 0.15) is 17.5 Å². The summed E-state index contributed by atoms with van der Waals surface area (Å²) in [6.07, 6.45) is 0. The van der Waals surface area contributed by atoms with Gasteiger partial charge in [0.1, 0.15) is 11.6 Å². The fraction of sp³-hybridized carbons (Fsp3) is 0.333. The number of ether oxygens (including phenoxy) is 1. The summed E-state index contributed by atoms with van der Waals surface area (Å²) in [5.41, 5.74) is 1.14. The largest absolute Gasteiger partial charge is 0.464 e. The van der Waals surface area contributed by atoms with E-state index in [4.69, 9.17) is 4.74 Å². The molecule has 0 radical (unpaired) electrons. The fourth-order valence-electron chi connectivity index (χ4n) is 1.32. The number of benzene rings is 1. The smallest absolute Gasteiger partial charge is 0.294 e. The molecule has 0 aliphatic carbocycles. The highest BCUT2D eigenvalue weighted by Crippen LogP contribution is 2.18. The third-order valence-electron chi connectivity index (χ3n) is 2.18. The number of hydrogen-bond acceptors (Lipinski definition) is 5. The maximum atomic E-state index is 5.57. The molecule has 1 aromatic heterocycles. The molecule has 4 nitrogen and oxygen atoms in total. The first kappa shape index (κ1) is 12.0. The Kier molecular flexibility index (Phi) is 4.46. The van der Waals surface area contributed by atoms with E-state index in [9.17, 15) is 0 Å². The zero-order valence-corrected chi connectivity index (χ0v) is 10.5. The van der Waals surface area contributed by atoms with Gasteiger partial charge in [0.25, 0.3) is 5.19 Å². The van der Waals surface area contributed by atoms with Crippen LogP contribution in [0.3, 0.4) is 0 Å². The van der Waals surface area contributed by atoms with Gasteiger partial charge in [0.2, 0.25) is 0 Å². The van der Waals surface area contributed by atoms with E-state index in [2.05, 4.69) is 22.4 Å². The molecule has 0 amide bonds. The summed E-state index contributed by atoms with van der Waals surface area (Å²) < 4.78 is 5.57. The van der Waals surface area contributed by atoms with Crippen LogP contribution < -0.4 is 10.1 Å². The minimum atomic E-state index is 0.538. The number of hydrogen-bond donors (Lipinski definition) is 1. The molecular formula is C12H15N3OS. The van der Waals surface area contributed by atoms with Gasteiger partial charge in [-0.2, -0.15) is 0 Å². The van der Waals surface area contributed by atoms with Gasteiger partial charge in [0.15, 0.2) is 0 Å². The van der Waals surface area contributed by atoms with E-state index < -0.39 is 0 Å². The van der Waals surface area contributed by atoms with Crippen LogP contribution in [0.5, 0.6) is 5.19 Å². The minimum Gasteiger partial charge on any atom is -0.464 e. The molecule has 1 aromatic carbocycles. The lowest BCUT2D eigenvalue weighted by Crippen LogP contribution is -2.11. The molecule has 90 valence electrons. The van der Waals surface area contributed by atoms with Crippen LogP contribution in [-0.4, -0.2) is 16.7 Å². The van der Waals surface area contributed by atoms with E-state index in [0.29, 0.717) is 11.8 Å². The minimum absolute atomic E-state index is 0.538. The Hall–Kier alpha value is -1.46. The Morgan fingerprint density at radius 3 is 2.82 bits per heavy atom. The lowest BCUT2D eigenvalue weighted by Gasteiger charge is -2.00. The van der Waals surface area contributed by atoms with Crippen molar-refractivity contribution < 1.29 is 4.74 Å². The highest BCUT2D eigenvalue weighted by molar-refractivity contribution is 7.13. The van der Waals surface area contributed by atoms with E-state index in [-0.39, 0.29) is 0 Å². The first-order chi connectivity index (χ1) is 8.38. The topological polar surface area (TPSA) is 47.0 Å². The van der Waals surface area contributed by atoms with Crippen molar-refractivity contribution in [2.24, 2.45) is 0 Å². The van der Waals surface area contributed by atoms with Crippen molar-refractivity contribution in [3.8, 4) is 5.19 Å². The van der Waals surface area contributed by atoms with Crippen LogP contribution in [0, 0.1) is 0 Å². The molecule has 5 heteroatoms. The van der Waals surface area contributed by atoms with E-state index in [1.54, 1.807) is 0 Å². The van der Waals surface area contributed by atoms with Crippen LogP contribution >= 0.6 is 11.3 Å². The molecule has 0 atom stereocenters. The predicted octanol–water partition coefficient (Wildman–Crippen LogP) is 2.23. The van der Waals surface area contributed by atoms with Crippen molar-refractivity contribution in [3.63, 3.8) is 0 Å². The van der Waals surface area contributed by atoms with Crippen LogP contribution in [0.25, 0.3) is 0 Å². The molecule has 0 fully saturated rings. The zero-order chi connectivity index (χ0) is 11.9. The Balaban J connectivity index is 1.85. The third-order valence-corrected chi connectivity index (χ3v) is 3.02. The number of nitrogens with one attached hydrogen (secondary N) is 1. The fourth-order valence-corrected chi connectivity index (χ4v) is 1.98. The van der Waals surface area contributed by atoms with Gasteiger partial charge in [0.05, 0.1) is 0 Å². The van der Waals surface area contributed by atoms with Crippen LogP contribution in [0.4, 0.5) is 0 Å². The first-order valence-electron chi connectivity index (χ1n) is 5.58. The molecule has 1 heterocycles. The second-order valence-electron chi connectivity index (χ2n) is 3.52. The highest BCUT2D eigenvalue weighted by Gasteiger charge is 2.04. The number of rotatable bonds is 6. The summed E-state index contributed by atoms with van der Waals surface area (Å²) in [5.74, 6) is 0. The summed E-state index contributed by atoms with van der Waals surface area (Å²) >= 11 is 1.49. The van der Waals surface area contributed by atoms with Crippen molar-refractivity contribution in [2.75, 3.05) is 6.54 Å². The SMILES string of the molecule is CCNCc1nnc(OCc2ccccc2)s1. The Bertz CT molecular complexity index is 444. The molecule has 0 saturated heterocycles. The van der Waals surface area contributed by atoms with E-state index in [0.717, 1.165) is 23.7 Å². The summed E-state index contributed by atoms with van der Waals surface area (Å²) in [5, 5.41) is 12.8. The third kappa shape index (κ3) is 3.80. The second kappa shape index (κ2) is 6.32. The quantitative estimate of drug-likeness (QED) is 0.852. The van der Waals surface area contributed by atoms with Crippen LogP contribution in [0.15, 0.2) is 30.3 Å². The van der Waals surface area contributed by atoms with Crippen molar-refractivity contribution >= 4 is 11.3 Å². The highest BCUT2D eigenvalue weighted by atomic mass is 32.1. The van der Waals surface area contributed by atoms with E-state index >= 15 is 0 Å². The summed E-state index contributed by atoms with van der Waals surface area (Å²) in [7, 11) is 0. The summed E-state index contributed by atoms with van der Waals surface area (Å²) in [6.45, 7) is 4.28. The van der Waals surface area contributed by atoms with Crippen molar-refractivity contribution in [2.45, 2.75) is 20.1 Å². The normalized spacial score (nSPS) is 10.4. The Morgan fingerprint density at radius 2 is 2.06 bits per heavy atom. The van der Waals surface area contributed by atoms with Gasteiger partial charge < -0.3 is 10.1 Å². The molecule has 1 N–H and O–H groups in total. The molecule has 0 unspecified atom stereocenters.